The van der Waals surface area contributed by atoms with E-state index in [0.717, 1.165) is 0 Å². The number of halogens is 1. The van der Waals surface area contributed by atoms with Gasteiger partial charge in [0.05, 0.1) is 0 Å². The summed E-state index contributed by atoms with van der Waals surface area (Å²) < 4.78 is 12.9. The Morgan fingerprint density at radius 3 is 2.82 bits per heavy atom. The van der Waals surface area contributed by atoms with E-state index in [0.29, 0.717) is 19.5 Å². The van der Waals surface area contributed by atoms with Crippen LogP contribution in [0.4, 0.5) is 4.39 Å². The van der Waals surface area contributed by atoms with E-state index < -0.39 is 18.1 Å². The zero-order valence-corrected chi connectivity index (χ0v) is 6.46. The molecule has 1 rings (SSSR count). The lowest BCUT2D eigenvalue weighted by Gasteiger charge is -2.29. The Balaban J connectivity index is 2.54. The Hall–Kier alpha value is -0.640. The Morgan fingerprint density at radius 1 is 1.73 bits per heavy atom. The third kappa shape index (κ3) is 1.89. The van der Waals surface area contributed by atoms with Gasteiger partial charge in [0.1, 0.15) is 12.1 Å². The number of likely N-dealkylation sites (tertiary alicyclic amines) is 1. The van der Waals surface area contributed by atoms with Crippen molar-refractivity contribution >= 4 is 5.97 Å². The van der Waals surface area contributed by atoms with Crippen LogP contribution < -0.4 is 0 Å². The Morgan fingerprint density at radius 2 is 2.36 bits per heavy atom. The summed E-state index contributed by atoms with van der Waals surface area (Å²) in [5.74, 6) is -1.85. The van der Waals surface area contributed by atoms with Crippen molar-refractivity contribution in [3.05, 3.63) is 0 Å². The molecule has 1 heterocycles. The summed E-state index contributed by atoms with van der Waals surface area (Å²) in [5, 5.41) is 8.56. The van der Waals surface area contributed by atoms with E-state index >= 15 is 0 Å². The Kier molecular flexibility index (Phi) is 2.44. The lowest BCUT2D eigenvalue weighted by Crippen LogP contribution is -2.42. The predicted molar refractivity (Wildman–Crippen MR) is 38.1 cm³/mol. The number of carboxylic acids is 1. The molecule has 3 nitrogen and oxygen atoms in total. The summed E-state index contributed by atoms with van der Waals surface area (Å²) in [4.78, 5) is 12.3. The van der Waals surface area contributed by atoms with Crippen LogP contribution in [-0.2, 0) is 4.79 Å². The van der Waals surface area contributed by atoms with Crippen LogP contribution in [0.25, 0.3) is 0 Å². The average Bonchev–Trinajstić information content (AvgIpc) is 1.94. The van der Waals surface area contributed by atoms with Gasteiger partial charge in [-0.05, 0) is 13.5 Å². The molecule has 4 heteroatoms. The molecule has 11 heavy (non-hydrogen) atoms. The van der Waals surface area contributed by atoms with Crippen LogP contribution in [0.3, 0.4) is 0 Å². The second-order valence-electron chi connectivity index (χ2n) is 3.01. The van der Waals surface area contributed by atoms with Gasteiger partial charge in [-0.25, -0.2) is 4.39 Å². The van der Waals surface area contributed by atoms with Crippen LogP contribution in [0.1, 0.15) is 6.42 Å². The first-order chi connectivity index (χ1) is 5.11. The van der Waals surface area contributed by atoms with Gasteiger partial charge in [-0.2, -0.15) is 0 Å². The molecule has 0 radical (unpaired) electrons. The van der Waals surface area contributed by atoms with E-state index in [9.17, 15) is 9.18 Å². The molecule has 0 aromatic carbocycles. The number of hydrogen-bond acceptors (Lipinski definition) is 2. The molecule has 0 unspecified atom stereocenters. The fourth-order valence-electron chi connectivity index (χ4n) is 1.32. The summed E-state index contributed by atoms with van der Waals surface area (Å²) in [6.07, 6.45) is -0.822. The number of aliphatic carboxylic acids is 1. The van der Waals surface area contributed by atoms with Gasteiger partial charge in [-0.3, -0.25) is 4.79 Å². The molecule has 0 bridgehead atoms. The van der Waals surface area contributed by atoms with E-state index in [1.54, 1.807) is 0 Å². The summed E-state index contributed by atoms with van der Waals surface area (Å²) in [6.45, 7) is 0.988. The van der Waals surface area contributed by atoms with Gasteiger partial charge >= 0.3 is 5.97 Å². The highest BCUT2D eigenvalue weighted by Gasteiger charge is 2.32. The molecule has 1 saturated heterocycles. The quantitative estimate of drug-likeness (QED) is 0.603. The van der Waals surface area contributed by atoms with Crippen LogP contribution in [0, 0.1) is 5.92 Å². The minimum atomic E-state index is -1.16. The molecule has 1 aliphatic rings. The summed E-state index contributed by atoms with van der Waals surface area (Å²) in [6, 6.07) is 0. The summed E-state index contributed by atoms with van der Waals surface area (Å²) >= 11 is 0. The molecule has 0 aromatic heterocycles. The standard InChI is InChI=1S/C7H12FNO2/c1-9-3-2-6(8)5(4-9)7(10)11/h5-6H,2-4H2,1H3,(H,10,11)/t5-,6-/m1/s1. The van der Waals surface area contributed by atoms with Crippen molar-refractivity contribution in [2.75, 3.05) is 20.1 Å². The summed E-state index contributed by atoms with van der Waals surface area (Å²) in [5.41, 5.74) is 0. The smallest absolute Gasteiger partial charge is 0.310 e. The van der Waals surface area contributed by atoms with Gasteiger partial charge in [0.2, 0.25) is 0 Å². The average molecular weight is 161 g/mol. The minimum absolute atomic E-state index is 0.330. The van der Waals surface area contributed by atoms with Gasteiger partial charge in [-0.1, -0.05) is 0 Å². The van der Waals surface area contributed by atoms with Crippen LogP contribution in [0.15, 0.2) is 0 Å². The number of piperidine rings is 1. The third-order valence-corrected chi connectivity index (χ3v) is 2.05. The van der Waals surface area contributed by atoms with Crippen LogP contribution in [-0.4, -0.2) is 42.3 Å². The van der Waals surface area contributed by atoms with Gasteiger partial charge < -0.3 is 10.0 Å². The number of alkyl halides is 1. The van der Waals surface area contributed by atoms with E-state index in [2.05, 4.69) is 0 Å². The predicted octanol–water partition coefficient (Wildman–Crippen LogP) is 0.361. The zero-order valence-electron chi connectivity index (χ0n) is 6.46. The molecule has 0 amide bonds. The molecule has 0 aliphatic carbocycles. The number of rotatable bonds is 1. The molecule has 1 fully saturated rings. The molecule has 1 N–H and O–H groups in total. The maximum absolute atomic E-state index is 12.9. The lowest BCUT2D eigenvalue weighted by atomic mass is 9.97. The molecule has 0 spiro atoms. The van der Waals surface area contributed by atoms with Crippen LogP contribution in [0.5, 0.6) is 0 Å². The van der Waals surface area contributed by atoms with Crippen LogP contribution in [0.2, 0.25) is 0 Å². The van der Waals surface area contributed by atoms with Gasteiger partial charge in [0, 0.05) is 13.1 Å². The number of carbonyl (C=O) groups is 1. The van der Waals surface area contributed by atoms with Crippen molar-refractivity contribution in [1.82, 2.24) is 4.90 Å². The molecule has 64 valence electrons. The lowest BCUT2D eigenvalue weighted by molar-refractivity contribution is -0.146. The van der Waals surface area contributed by atoms with E-state index in [-0.39, 0.29) is 0 Å². The first-order valence-electron chi connectivity index (χ1n) is 3.66. The number of carboxylic acid groups (broad SMARTS) is 1. The van der Waals surface area contributed by atoms with Crippen LogP contribution >= 0.6 is 0 Å². The zero-order chi connectivity index (χ0) is 8.43. The normalized spacial score (nSPS) is 33.6. The topological polar surface area (TPSA) is 40.5 Å². The van der Waals surface area contributed by atoms with Crippen molar-refractivity contribution in [1.29, 1.82) is 0 Å². The second-order valence-corrected chi connectivity index (χ2v) is 3.01. The molecular formula is C7H12FNO2. The van der Waals surface area contributed by atoms with Crippen molar-refractivity contribution < 1.29 is 14.3 Å². The highest BCUT2D eigenvalue weighted by molar-refractivity contribution is 5.71. The maximum atomic E-state index is 12.9. The minimum Gasteiger partial charge on any atom is -0.481 e. The van der Waals surface area contributed by atoms with E-state index in [1.807, 2.05) is 11.9 Å². The molecule has 0 aromatic rings. The fraction of sp³-hybridized carbons (Fsp3) is 0.857. The van der Waals surface area contributed by atoms with Crippen molar-refractivity contribution in [2.24, 2.45) is 5.92 Å². The van der Waals surface area contributed by atoms with Crippen molar-refractivity contribution in [2.45, 2.75) is 12.6 Å². The second kappa shape index (κ2) is 3.17. The maximum Gasteiger partial charge on any atom is 0.310 e. The molecule has 2 atom stereocenters. The van der Waals surface area contributed by atoms with Gasteiger partial charge in [0.25, 0.3) is 0 Å². The van der Waals surface area contributed by atoms with Crippen molar-refractivity contribution in [3.63, 3.8) is 0 Å². The highest BCUT2D eigenvalue weighted by atomic mass is 19.1. The van der Waals surface area contributed by atoms with Crippen molar-refractivity contribution in [3.8, 4) is 0 Å². The molecule has 0 saturated carbocycles. The highest BCUT2D eigenvalue weighted by Crippen LogP contribution is 2.18. The SMILES string of the molecule is CN1CC[C@@H](F)[C@H](C(=O)O)C1. The first-order valence-corrected chi connectivity index (χ1v) is 3.66. The number of nitrogens with zero attached hydrogens (tertiary/aromatic N) is 1. The third-order valence-electron chi connectivity index (χ3n) is 2.05. The monoisotopic (exact) mass is 161 g/mol. The largest absolute Gasteiger partial charge is 0.481 e. The van der Waals surface area contributed by atoms with E-state index in [4.69, 9.17) is 5.11 Å². The Labute approximate surface area is 64.8 Å². The Bertz CT molecular complexity index is 163. The summed E-state index contributed by atoms with van der Waals surface area (Å²) in [7, 11) is 1.81. The number of hydrogen-bond donors (Lipinski definition) is 1. The molecule has 1 aliphatic heterocycles. The van der Waals surface area contributed by atoms with Gasteiger partial charge in [-0.15, -0.1) is 0 Å². The fourth-order valence-corrected chi connectivity index (χ4v) is 1.32. The van der Waals surface area contributed by atoms with E-state index in [1.165, 1.54) is 0 Å². The molecular weight excluding hydrogens is 149 g/mol. The first kappa shape index (κ1) is 8.46. The van der Waals surface area contributed by atoms with Gasteiger partial charge in [0.15, 0.2) is 0 Å².